The van der Waals surface area contributed by atoms with Crippen molar-refractivity contribution in [3.8, 4) is 5.75 Å². The molecule has 0 atom stereocenters. The molecule has 0 aliphatic heterocycles. The number of methoxy groups -OCH3 is 1. The van der Waals surface area contributed by atoms with E-state index < -0.39 is 0 Å². The largest absolute Gasteiger partial charge is 0.496 e. The molecule has 0 aliphatic rings. The molecule has 78 valence electrons. The molecule has 2 nitrogen and oxygen atoms in total. The summed E-state index contributed by atoms with van der Waals surface area (Å²) in [4.78, 5) is 0. The van der Waals surface area contributed by atoms with Crippen LogP contribution in [0.2, 0.25) is 0 Å². The van der Waals surface area contributed by atoms with E-state index in [4.69, 9.17) is 4.74 Å². The molecule has 0 radical (unpaired) electrons. The lowest BCUT2D eigenvalue weighted by Gasteiger charge is -2.13. The van der Waals surface area contributed by atoms with Crippen molar-refractivity contribution in [3.63, 3.8) is 0 Å². The Balaban J connectivity index is 3.32. The number of hydrogen-bond donors (Lipinski definition) is 1. The van der Waals surface area contributed by atoms with E-state index >= 15 is 0 Å². The first-order chi connectivity index (χ1) is 6.61. The van der Waals surface area contributed by atoms with Crippen LogP contribution >= 0.6 is 15.9 Å². The van der Waals surface area contributed by atoms with Crippen LogP contribution in [0, 0.1) is 12.7 Å². The quantitative estimate of drug-likeness (QED) is 0.904. The Hall–Kier alpha value is -0.610. The number of benzene rings is 1. The molecule has 0 heterocycles. The molecule has 0 saturated carbocycles. The first-order valence-corrected chi connectivity index (χ1v) is 5.07. The summed E-state index contributed by atoms with van der Waals surface area (Å²) in [5.41, 5.74) is 1.48. The lowest BCUT2D eigenvalue weighted by Crippen LogP contribution is -2.10. The Morgan fingerprint density at radius 3 is 2.71 bits per heavy atom. The van der Waals surface area contributed by atoms with E-state index in [0.717, 1.165) is 5.56 Å². The zero-order valence-electron chi connectivity index (χ0n) is 8.45. The maximum absolute atomic E-state index is 13.6. The van der Waals surface area contributed by atoms with Crippen LogP contribution in [0.3, 0.4) is 0 Å². The lowest BCUT2D eigenvalue weighted by molar-refractivity contribution is 0.399. The van der Waals surface area contributed by atoms with E-state index in [9.17, 15) is 4.39 Å². The van der Waals surface area contributed by atoms with Crippen LogP contribution in [-0.2, 0) is 6.54 Å². The number of rotatable bonds is 3. The van der Waals surface area contributed by atoms with Gasteiger partial charge in [-0.15, -0.1) is 0 Å². The van der Waals surface area contributed by atoms with E-state index in [1.165, 1.54) is 0 Å². The Kier molecular flexibility index (Phi) is 3.89. The van der Waals surface area contributed by atoms with Gasteiger partial charge >= 0.3 is 0 Å². The third kappa shape index (κ3) is 2.07. The van der Waals surface area contributed by atoms with Gasteiger partial charge in [-0.25, -0.2) is 4.39 Å². The molecule has 1 N–H and O–H groups in total. The van der Waals surface area contributed by atoms with Crippen LogP contribution in [0.25, 0.3) is 0 Å². The van der Waals surface area contributed by atoms with Crippen LogP contribution in [0.1, 0.15) is 11.1 Å². The molecular weight excluding hydrogens is 249 g/mol. The second kappa shape index (κ2) is 4.75. The van der Waals surface area contributed by atoms with Crippen LogP contribution < -0.4 is 10.1 Å². The van der Waals surface area contributed by atoms with Gasteiger partial charge in [-0.05, 0) is 41.5 Å². The molecule has 4 heteroatoms. The second-order valence-corrected chi connectivity index (χ2v) is 3.89. The fourth-order valence-electron chi connectivity index (χ4n) is 1.42. The Bertz CT molecular complexity index is 341. The number of halogens is 2. The monoisotopic (exact) mass is 261 g/mol. The fourth-order valence-corrected chi connectivity index (χ4v) is 2.00. The Labute approximate surface area is 91.6 Å². The van der Waals surface area contributed by atoms with E-state index in [0.29, 0.717) is 22.3 Å². The maximum atomic E-state index is 13.6. The molecule has 0 saturated heterocycles. The van der Waals surface area contributed by atoms with Gasteiger partial charge in [0.2, 0.25) is 0 Å². The van der Waals surface area contributed by atoms with Gasteiger partial charge < -0.3 is 10.1 Å². The molecule has 0 aromatic heterocycles. The second-order valence-electron chi connectivity index (χ2n) is 3.03. The Morgan fingerprint density at radius 1 is 1.57 bits per heavy atom. The third-order valence-electron chi connectivity index (χ3n) is 2.01. The van der Waals surface area contributed by atoms with Crippen molar-refractivity contribution in [2.75, 3.05) is 14.2 Å². The van der Waals surface area contributed by atoms with Crippen molar-refractivity contribution < 1.29 is 9.13 Å². The predicted octanol–water partition coefficient (Wildman–Crippen LogP) is 2.62. The van der Waals surface area contributed by atoms with Gasteiger partial charge in [-0.1, -0.05) is 0 Å². The first kappa shape index (κ1) is 11.5. The molecule has 1 rings (SSSR count). The highest BCUT2D eigenvalue weighted by Crippen LogP contribution is 2.31. The molecule has 0 aliphatic carbocycles. The van der Waals surface area contributed by atoms with Gasteiger partial charge in [-0.2, -0.15) is 0 Å². The normalized spacial score (nSPS) is 10.4. The smallest absolute Gasteiger partial charge is 0.145 e. The van der Waals surface area contributed by atoms with Gasteiger partial charge in [0.15, 0.2) is 0 Å². The minimum Gasteiger partial charge on any atom is -0.496 e. The minimum atomic E-state index is -0.262. The van der Waals surface area contributed by atoms with Crippen molar-refractivity contribution in [2.45, 2.75) is 13.5 Å². The average molecular weight is 262 g/mol. The Morgan fingerprint density at radius 2 is 2.21 bits per heavy atom. The molecule has 0 spiro atoms. The molecule has 0 amide bonds. The summed E-state index contributed by atoms with van der Waals surface area (Å²) < 4.78 is 19.3. The van der Waals surface area contributed by atoms with Crippen LogP contribution in [0.15, 0.2) is 10.5 Å². The summed E-state index contributed by atoms with van der Waals surface area (Å²) >= 11 is 3.17. The fraction of sp³-hybridized carbons (Fsp3) is 0.400. The van der Waals surface area contributed by atoms with Crippen molar-refractivity contribution in [3.05, 3.63) is 27.5 Å². The highest BCUT2D eigenvalue weighted by molar-refractivity contribution is 9.10. The van der Waals surface area contributed by atoms with Crippen molar-refractivity contribution in [2.24, 2.45) is 0 Å². The lowest BCUT2D eigenvalue weighted by atomic mass is 10.1. The van der Waals surface area contributed by atoms with Crippen molar-refractivity contribution in [1.82, 2.24) is 5.32 Å². The first-order valence-electron chi connectivity index (χ1n) is 4.27. The summed E-state index contributed by atoms with van der Waals surface area (Å²) in [7, 11) is 3.32. The van der Waals surface area contributed by atoms with Crippen LogP contribution in [-0.4, -0.2) is 14.2 Å². The van der Waals surface area contributed by atoms with E-state index in [1.807, 2.05) is 6.92 Å². The van der Waals surface area contributed by atoms with Gasteiger partial charge in [-0.3, -0.25) is 0 Å². The minimum absolute atomic E-state index is 0.262. The summed E-state index contributed by atoms with van der Waals surface area (Å²) in [6.45, 7) is 2.34. The summed E-state index contributed by atoms with van der Waals surface area (Å²) in [5.74, 6) is 0.349. The predicted molar refractivity (Wildman–Crippen MR) is 58.2 cm³/mol. The zero-order chi connectivity index (χ0) is 10.7. The molecular formula is C10H13BrFNO. The van der Waals surface area contributed by atoms with Crippen LogP contribution in [0.4, 0.5) is 4.39 Å². The average Bonchev–Trinajstić information content (AvgIpc) is 2.14. The molecule has 0 bridgehead atoms. The molecule has 1 aromatic carbocycles. The standard InChI is InChI=1S/C10H13BrFNO/c1-6-4-8(11)9(12)7(5-13-2)10(6)14-3/h4,13H,5H2,1-3H3. The molecule has 14 heavy (non-hydrogen) atoms. The van der Waals surface area contributed by atoms with E-state index in [2.05, 4.69) is 21.2 Å². The van der Waals surface area contributed by atoms with Crippen molar-refractivity contribution >= 4 is 15.9 Å². The molecule has 0 fully saturated rings. The summed E-state index contributed by atoms with van der Waals surface area (Å²) in [6, 6.07) is 1.72. The SMILES string of the molecule is CNCc1c(F)c(Br)cc(C)c1OC. The number of aryl methyl sites for hydroxylation is 1. The highest BCUT2D eigenvalue weighted by atomic mass is 79.9. The third-order valence-corrected chi connectivity index (χ3v) is 2.58. The van der Waals surface area contributed by atoms with E-state index in [1.54, 1.807) is 20.2 Å². The number of ether oxygens (including phenoxy) is 1. The van der Waals surface area contributed by atoms with Gasteiger partial charge in [0.05, 0.1) is 11.6 Å². The van der Waals surface area contributed by atoms with Crippen molar-refractivity contribution in [1.29, 1.82) is 0 Å². The number of nitrogens with one attached hydrogen (secondary N) is 1. The van der Waals surface area contributed by atoms with Crippen LogP contribution in [0.5, 0.6) is 5.75 Å². The highest BCUT2D eigenvalue weighted by Gasteiger charge is 2.14. The van der Waals surface area contributed by atoms with E-state index in [-0.39, 0.29) is 5.82 Å². The van der Waals surface area contributed by atoms with Gasteiger partial charge in [0, 0.05) is 12.1 Å². The topological polar surface area (TPSA) is 21.3 Å². The van der Waals surface area contributed by atoms with Gasteiger partial charge in [0.1, 0.15) is 11.6 Å². The zero-order valence-corrected chi connectivity index (χ0v) is 10.0. The molecule has 1 aromatic rings. The summed E-state index contributed by atoms with van der Waals surface area (Å²) in [5, 5.41) is 2.91. The van der Waals surface area contributed by atoms with Gasteiger partial charge in [0.25, 0.3) is 0 Å². The summed E-state index contributed by atoms with van der Waals surface area (Å²) in [6.07, 6.45) is 0. The number of hydrogen-bond acceptors (Lipinski definition) is 2. The maximum Gasteiger partial charge on any atom is 0.145 e. The molecule has 0 unspecified atom stereocenters.